The van der Waals surface area contributed by atoms with Crippen LogP contribution >= 0.6 is 11.6 Å². The number of nitrogens with zero attached hydrogens (tertiary/aromatic N) is 1. The molecular formula is C10H7ClN2O3. The summed E-state index contributed by atoms with van der Waals surface area (Å²) in [5, 5.41) is 10.6. The highest BCUT2D eigenvalue weighted by molar-refractivity contribution is 6.32. The summed E-state index contributed by atoms with van der Waals surface area (Å²) in [5.74, 6) is 0.324. The molecule has 6 heteroatoms. The van der Waals surface area contributed by atoms with Crippen molar-refractivity contribution in [3.05, 3.63) is 22.7 Å². The smallest absolute Gasteiger partial charge is 0.264 e. The monoisotopic (exact) mass is 238 g/mol. The number of benzene rings is 1. The Labute approximate surface area is 96.5 Å². The second-order valence-corrected chi connectivity index (χ2v) is 3.46. The third-order valence-electron chi connectivity index (χ3n) is 2.03. The first-order chi connectivity index (χ1) is 7.72. The number of nitrogens with one attached hydrogen (secondary N) is 1. The fourth-order valence-corrected chi connectivity index (χ4v) is 1.63. The van der Waals surface area contributed by atoms with Crippen molar-refractivity contribution in [2.45, 2.75) is 0 Å². The molecule has 0 saturated carbocycles. The highest BCUT2D eigenvalue weighted by Gasteiger charge is 2.18. The molecule has 0 unspecified atom stereocenters. The van der Waals surface area contributed by atoms with Crippen molar-refractivity contribution in [3.63, 3.8) is 0 Å². The Morgan fingerprint density at radius 2 is 2.19 bits per heavy atom. The molecule has 1 amide bonds. The zero-order valence-corrected chi connectivity index (χ0v) is 8.87. The zero-order chi connectivity index (χ0) is 11.5. The molecule has 0 atom stereocenters. The van der Waals surface area contributed by atoms with Gasteiger partial charge in [0.2, 0.25) is 0 Å². The van der Waals surface area contributed by atoms with E-state index in [1.54, 1.807) is 6.19 Å². The van der Waals surface area contributed by atoms with Gasteiger partial charge in [-0.1, -0.05) is 11.6 Å². The van der Waals surface area contributed by atoms with Crippen LogP contribution in [0.4, 0.5) is 0 Å². The van der Waals surface area contributed by atoms with Crippen molar-refractivity contribution in [3.8, 4) is 17.7 Å². The number of hydrogen-bond donors (Lipinski definition) is 1. The van der Waals surface area contributed by atoms with Gasteiger partial charge in [0.05, 0.1) is 5.02 Å². The van der Waals surface area contributed by atoms with Gasteiger partial charge in [-0.05, 0) is 12.1 Å². The Bertz CT molecular complexity index is 482. The highest BCUT2D eigenvalue weighted by Crippen LogP contribution is 2.38. The number of carbonyl (C=O) groups excluding carboxylic acids is 1. The summed E-state index contributed by atoms with van der Waals surface area (Å²) in [6.45, 7) is 0.836. The predicted octanol–water partition coefficient (Wildman–Crippen LogP) is 1.32. The molecular weight excluding hydrogens is 232 g/mol. The SMILES string of the molecule is N#CNC(=O)c1cc(Cl)c2c(c1)OCCO2. The summed E-state index contributed by atoms with van der Waals surface area (Å²) in [6, 6.07) is 2.93. The van der Waals surface area contributed by atoms with Gasteiger partial charge in [0, 0.05) is 5.56 Å². The summed E-state index contributed by atoms with van der Waals surface area (Å²) in [6.07, 6.45) is 1.55. The summed E-state index contributed by atoms with van der Waals surface area (Å²) >= 11 is 5.92. The van der Waals surface area contributed by atoms with Crippen molar-refractivity contribution >= 4 is 17.5 Å². The van der Waals surface area contributed by atoms with Crippen LogP contribution in [-0.4, -0.2) is 19.1 Å². The molecule has 0 aromatic heterocycles. The second kappa shape index (κ2) is 4.29. The fourth-order valence-electron chi connectivity index (χ4n) is 1.36. The predicted molar refractivity (Wildman–Crippen MR) is 55.5 cm³/mol. The Morgan fingerprint density at radius 3 is 2.94 bits per heavy atom. The minimum Gasteiger partial charge on any atom is -0.486 e. The Balaban J connectivity index is 2.40. The lowest BCUT2D eigenvalue weighted by molar-refractivity contribution is 0.0971. The molecule has 0 bridgehead atoms. The lowest BCUT2D eigenvalue weighted by atomic mass is 10.2. The second-order valence-electron chi connectivity index (χ2n) is 3.05. The maximum absolute atomic E-state index is 11.4. The van der Waals surface area contributed by atoms with Crippen LogP contribution in [0.2, 0.25) is 5.02 Å². The lowest BCUT2D eigenvalue weighted by Gasteiger charge is -2.19. The standard InChI is InChI=1S/C10H7ClN2O3/c11-7-3-6(10(14)13-5-12)4-8-9(7)16-2-1-15-8/h3-4H,1-2H2,(H,13,14). The minimum absolute atomic E-state index is 0.260. The summed E-state index contributed by atoms with van der Waals surface area (Å²) in [7, 11) is 0. The van der Waals surface area contributed by atoms with Crippen molar-refractivity contribution in [2.24, 2.45) is 0 Å². The van der Waals surface area contributed by atoms with Crippen LogP contribution in [0.15, 0.2) is 12.1 Å². The van der Waals surface area contributed by atoms with Gasteiger partial charge >= 0.3 is 0 Å². The molecule has 1 aromatic carbocycles. The van der Waals surface area contributed by atoms with Crippen molar-refractivity contribution in [2.75, 3.05) is 13.2 Å². The Hall–Kier alpha value is -1.93. The van der Waals surface area contributed by atoms with E-state index in [1.165, 1.54) is 12.1 Å². The first kappa shape index (κ1) is 10.6. The number of halogens is 1. The number of carbonyl (C=O) groups is 1. The number of rotatable bonds is 1. The summed E-state index contributed by atoms with van der Waals surface area (Å²) in [5.41, 5.74) is 0.260. The van der Waals surface area contributed by atoms with E-state index in [-0.39, 0.29) is 5.56 Å². The molecule has 1 heterocycles. The molecule has 0 fully saturated rings. The normalized spacial score (nSPS) is 12.8. The summed E-state index contributed by atoms with van der Waals surface area (Å²) in [4.78, 5) is 11.4. The number of fused-ring (bicyclic) bond motifs is 1. The fraction of sp³-hybridized carbons (Fsp3) is 0.200. The molecule has 82 valence electrons. The Morgan fingerprint density at radius 1 is 1.44 bits per heavy atom. The first-order valence-electron chi connectivity index (χ1n) is 4.51. The molecule has 0 radical (unpaired) electrons. The van der Waals surface area contributed by atoms with Gasteiger partial charge in [-0.25, -0.2) is 0 Å². The zero-order valence-electron chi connectivity index (χ0n) is 8.12. The molecule has 0 aliphatic carbocycles. The average molecular weight is 239 g/mol. The van der Waals surface area contributed by atoms with E-state index in [1.807, 2.05) is 5.32 Å². The first-order valence-corrected chi connectivity index (χ1v) is 4.88. The lowest BCUT2D eigenvalue weighted by Crippen LogP contribution is -2.19. The van der Waals surface area contributed by atoms with E-state index in [2.05, 4.69) is 0 Å². The molecule has 1 aliphatic heterocycles. The highest BCUT2D eigenvalue weighted by atomic mass is 35.5. The van der Waals surface area contributed by atoms with Gasteiger partial charge in [0.1, 0.15) is 13.2 Å². The molecule has 1 N–H and O–H groups in total. The maximum Gasteiger partial charge on any atom is 0.264 e. The molecule has 2 rings (SSSR count). The molecule has 5 nitrogen and oxygen atoms in total. The quantitative estimate of drug-likeness (QED) is 0.592. The van der Waals surface area contributed by atoms with Crippen molar-refractivity contribution in [1.29, 1.82) is 5.26 Å². The Kier molecular flexibility index (Phi) is 2.84. The molecule has 1 aromatic rings. The van der Waals surface area contributed by atoms with Crippen LogP contribution in [0.5, 0.6) is 11.5 Å². The molecule has 1 aliphatic rings. The molecule has 0 saturated heterocycles. The largest absolute Gasteiger partial charge is 0.486 e. The van der Waals surface area contributed by atoms with Crippen molar-refractivity contribution in [1.82, 2.24) is 5.32 Å². The van der Waals surface area contributed by atoms with Gasteiger partial charge < -0.3 is 9.47 Å². The third-order valence-corrected chi connectivity index (χ3v) is 2.31. The van der Waals surface area contributed by atoms with E-state index in [4.69, 9.17) is 26.3 Å². The van der Waals surface area contributed by atoms with Crippen LogP contribution in [0.1, 0.15) is 10.4 Å². The van der Waals surface area contributed by atoms with Gasteiger partial charge in [-0.15, -0.1) is 0 Å². The van der Waals surface area contributed by atoms with Gasteiger partial charge in [-0.2, -0.15) is 5.26 Å². The van der Waals surface area contributed by atoms with E-state index in [0.717, 1.165) is 0 Å². The van der Waals surface area contributed by atoms with E-state index in [9.17, 15) is 4.79 Å². The maximum atomic E-state index is 11.4. The number of nitriles is 1. The van der Waals surface area contributed by atoms with Crippen LogP contribution in [0.3, 0.4) is 0 Å². The minimum atomic E-state index is -0.527. The summed E-state index contributed by atoms with van der Waals surface area (Å²) < 4.78 is 10.6. The van der Waals surface area contributed by atoms with Crippen LogP contribution in [0, 0.1) is 11.5 Å². The van der Waals surface area contributed by atoms with Crippen molar-refractivity contribution < 1.29 is 14.3 Å². The van der Waals surface area contributed by atoms with Gasteiger partial charge in [0.25, 0.3) is 5.91 Å². The van der Waals surface area contributed by atoms with Gasteiger partial charge in [-0.3, -0.25) is 10.1 Å². The van der Waals surface area contributed by atoms with E-state index < -0.39 is 5.91 Å². The van der Waals surface area contributed by atoms with E-state index in [0.29, 0.717) is 29.7 Å². The van der Waals surface area contributed by atoms with Gasteiger partial charge in [0.15, 0.2) is 17.7 Å². The van der Waals surface area contributed by atoms with Crippen LogP contribution in [-0.2, 0) is 0 Å². The van der Waals surface area contributed by atoms with Crippen LogP contribution in [0.25, 0.3) is 0 Å². The molecule has 16 heavy (non-hydrogen) atoms. The molecule has 0 spiro atoms. The number of amides is 1. The topological polar surface area (TPSA) is 71.4 Å². The number of ether oxygens (including phenoxy) is 2. The van der Waals surface area contributed by atoms with E-state index >= 15 is 0 Å². The third kappa shape index (κ3) is 1.88. The average Bonchev–Trinajstić information content (AvgIpc) is 2.29. The number of hydrogen-bond acceptors (Lipinski definition) is 4. The van der Waals surface area contributed by atoms with Crippen LogP contribution < -0.4 is 14.8 Å².